The van der Waals surface area contributed by atoms with Gasteiger partial charge >= 0.3 is 0 Å². The molecule has 1 amide bonds. The molecule has 0 fully saturated rings. The van der Waals surface area contributed by atoms with Crippen LogP contribution in [0.4, 0.5) is 5.69 Å². The van der Waals surface area contributed by atoms with E-state index in [9.17, 15) is 9.90 Å². The van der Waals surface area contributed by atoms with Crippen molar-refractivity contribution in [3.63, 3.8) is 0 Å². The average Bonchev–Trinajstić information content (AvgIpc) is 2.85. The number of phenols is 1. The van der Waals surface area contributed by atoms with Crippen LogP contribution in [0.3, 0.4) is 0 Å². The fourth-order valence-electron chi connectivity index (χ4n) is 2.08. The number of hydrogen-bond acceptors (Lipinski definition) is 3. The summed E-state index contributed by atoms with van der Waals surface area (Å²) in [5.41, 5.74) is 1.92. The molecule has 0 aliphatic carbocycles. The highest BCUT2D eigenvalue weighted by molar-refractivity contribution is 7.17. The second-order valence-corrected chi connectivity index (χ2v) is 5.60. The van der Waals surface area contributed by atoms with Gasteiger partial charge in [0.25, 0.3) is 5.91 Å². The van der Waals surface area contributed by atoms with Crippen molar-refractivity contribution in [2.45, 2.75) is 6.92 Å². The average molecular weight is 283 g/mol. The number of phenolic OH excluding ortho intramolecular Hbond substituents is 1. The largest absolute Gasteiger partial charge is 0.507 e. The van der Waals surface area contributed by atoms with Crippen molar-refractivity contribution >= 4 is 33.0 Å². The number of fused-ring (bicyclic) bond motifs is 1. The Hall–Kier alpha value is -2.33. The summed E-state index contributed by atoms with van der Waals surface area (Å²) in [6, 6.07) is 12.8. The Morgan fingerprint density at radius 3 is 2.80 bits per heavy atom. The van der Waals surface area contributed by atoms with Crippen molar-refractivity contribution in [2.75, 3.05) is 5.32 Å². The molecule has 0 atom stereocenters. The third kappa shape index (κ3) is 2.38. The lowest BCUT2D eigenvalue weighted by molar-refractivity contribution is 0.102. The Morgan fingerprint density at radius 2 is 2.00 bits per heavy atom. The predicted molar refractivity (Wildman–Crippen MR) is 82.6 cm³/mol. The Kier molecular flexibility index (Phi) is 3.16. The van der Waals surface area contributed by atoms with Crippen LogP contribution in [-0.4, -0.2) is 11.0 Å². The molecule has 100 valence electrons. The normalized spacial score (nSPS) is 10.7. The minimum atomic E-state index is -0.308. The molecule has 0 radical (unpaired) electrons. The molecule has 1 heterocycles. The first-order valence-electron chi connectivity index (χ1n) is 6.22. The smallest absolute Gasteiger partial charge is 0.259 e. The number of carbonyl (C=O) groups excluding carboxylic acids is 1. The second kappa shape index (κ2) is 4.98. The molecular formula is C16H13NO2S. The molecule has 0 aliphatic rings. The zero-order chi connectivity index (χ0) is 14.1. The van der Waals surface area contributed by atoms with Gasteiger partial charge in [0, 0.05) is 10.4 Å². The van der Waals surface area contributed by atoms with Crippen LogP contribution in [0.2, 0.25) is 0 Å². The Balaban J connectivity index is 1.87. The van der Waals surface area contributed by atoms with Gasteiger partial charge in [-0.3, -0.25) is 4.79 Å². The number of anilines is 1. The van der Waals surface area contributed by atoms with Gasteiger partial charge in [-0.2, -0.15) is 0 Å². The molecule has 3 aromatic rings. The quantitative estimate of drug-likeness (QED) is 0.741. The van der Waals surface area contributed by atoms with Gasteiger partial charge in [0.2, 0.25) is 0 Å². The fraction of sp³-hybridized carbons (Fsp3) is 0.0625. The van der Waals surface area contributed by atoms with Gasteiger partial charge in [-0.1, -0.05) is 6.07 Å². The molecule has 2 N–H and O–H groups in total. The minimum absolute atomic E-state index is 0.000823. The standard InChI is InChI=1S/C16H13NO2S/c1-10-2-4-13(14(18)8-10)16(19)17-12-3-5-15-11(9-12)6-7-20-15/h2-9,18H,1H3,(H,17,19). The van der Waals surface area contributed by atoms with E-state index in [0.29, 0.717) is 0 Å². The van der Waals surface area contributed by atoms with E-state index in [4.69, 9.17) is 0 Å². The zero-order valence-electron chi connectivity index (χ0n) is 10.9. The first kappa shape index (κ1) is 12.7. The van der Waals surface area contributed by atoms with E-state index in [0.717, 1.165) is 16.6 Å². The number of benzene rings is 2. The lowest BCUT2D eigenvalue weighted by Gasteiger charge is -2.07. The molecule has 0 aliphatic heterocycles. The number of thiophene rings is 1. The Labute approximate surface area is 120 Å². The highest BCUT2D eigenvalue weighted by Gasteiger charge is 2.11. The predicted octanol–water partition coefficient (Wildman–Crippen LogP) is 4.17. The molecule has 20 heavy (non-hydrogen) atoms. The van der Waals surface area contributed by atoms with Crippen LogP contribution in [0.15, 0.2) is 47.8 Å². The topological polar surface area (TPSA) is 49.3 Å². The van der Waals surface area contributed by atoms with Gasteiger partial charge in [-0.25, -0.2) is 0 Å². The minimum Gasteiger partial charge on any atom is -0.507 e. The van der Waals surface area contributed by atoms with Crippen molar-refractivity contribution < 1.29 is 9.90 Å². The van der Waals surface area contributed by atoms with Gasteiger partial charge in [-0.05, 0) is 59.7 Å². The summed E-state index contributed by atoms with van der Waals surface area (Å²) >= 11 is 1.66. The highest BCUT2D eigenvalue weighted by Crippen LogP contribution is 2.25. The molecule has 2 aromatic carbocycles. The van der Waals surface area contributed by atoms with Crippen LogP contribution >= 0.6 is 11.3 Å². The van der Waals surface area contributed by atoms with Crippen molar-refractivity contribution in [1.82, 2.24) is 0 Å². The number of amides is 1. The van der Waals surface area contributed by atoms with Gasteiger partial charge in [-0.15, -0.1) is 11.3 Å². The zero-order valence-corrected chi connectivity index (χ0v) is 11.7. The summed E-state index contributed by atoms with van der Waals surface area (Å²) in [4.78, 5) is 12.2. The van der Waals surface area contributed by atoms with E-state index in [1.54, 1.807) is 29.5 Å². The number of aryl methyl sites for hydroxylation is 1. The van der Waals surface area contributed by atoms with Crippen LogP contribution < -0.4 is 5.32 Å². The molecule has 0 spiro atoms. The monoisotopic (exact) mass is 283 g/mol. The molecule has 0 bridgehead atoms. The molecule has 0 saturated heterocycles. The maximum Gasteiger partial charge on any atom is 0.259 e. The lowest BCUT2D eigenvalue weighted by Crippen LogP contribution is -2.12. The van der Waals surface area contributed by atoms with E-state index in [-0.39, 0.29) is 17.2 Å². The number of carbonyl (C=O) groups is 1. The number of rotatable bonds is 2. The van der Waals surface area contributed by atoms with Crippen LogP contribution in [0, 0.1) is 6.92 Å². The molecule has 1 aromatic heterocycles. The summed E-state index contributed by atoms with van der Waals surface area (Å²) in [6.45, 7) is 1.87. The van der Waals surface area contributed by atoms with Gasteiger partial charge in [0.05, 0.1) is 5.56 Å². The summed E-state index contributed by atoms with van der Waals surface area (Å²) in [6.07, 6.45) is 0. The van der Waals surface area contributed by atoms with Crippen molar-refractivity contribution in [2.24, 2.45) is 0 Å². The van der Waals surface area contributed by atoms with Crippen LogP contribution in [0.1, 0.15) is 15.9 Å². The number of nitrogens with one attached hydrogen (secondary N) is 1. The summed E-state index contributed by atoms with van der Waals surface area (Å²) in [5.74, 6) is -0.309. The van der Waals surface area contributed by atoms with E-state index < -0.39 is 0 Å². The third-order valence-corrected chi connectivity index (χ3v) is 4.01. The maximum absolute atomic E-state index is 12.2. The number of hydrogen-bond donors (Lipinski definition) is 2. The molecule has 0 saturated carbocycles. The molecular weight excluding hydrogens is 270 g/mol. The van der Waals surface area contributed by atoms with Crippen molar-refractivity contribution in [3.8, 4) is 5.75 Å². The second-order valence-electron chi connectivity index (χ2n) is 4.65. The van der Waals surface area contributed by atoms with Crippen LogP contribution in [0.5, 0.6) is 5.75 Å². The first-order valence-corrected chi connectivity index (χ1v) is 7.10. The Bertz CT molecular complexity index is 792. The van der Waals surface area contributed by atoms with E-state index in [1.165, 1.54) is 4.70 Å². The summed E-state index contributed by atoms with van der Waals surface area (Å²) < 4.78 is 1.18. The highest BCUT2D eigenvalue weighted by atomic mass is 32.1. The Morgan fingerprint density at radius 1 is 1.15 bits per heavy atom. The molecule has 0 unspecified atom stereocenters. The van der Waals surface area contributed by atoms with E-state index >= 15 is 0 Å². The van der Waals surface area contributed by atoms with Crippen LogP contribution in [-0.2, 0) is 0 Å². The van der Waals surface area contributed by atoms with Crippen molar-refractivity contribution in [3.05, 3.63) is 59.0 Å². The molecule has 4 heteroatoms. The lowest BCUT2D eigenvalue weighted by atomic mass is 10.1. The first-order chi connectivity index (χ1) is 9.63. The third-order valence-electron chi connectivity index (χ3n) is 3.11. The molecule has 3 nitrogen and oxygen atoms in total. The van der Waals surface area contributed by atoms with Crippen molar-refractivity contribution in [1.29, 1.82) is 0 Å². The van der Waals surface area contributed by atoms with Crippen LogP contribution in [0.25, 0.3) is 10.1 Å². The maximum atomic E-state index is 12.2. The number of aromatic hydroxyl groups is 1. The van der Waals surface area contributed by atoms with Gasteiger partial charge in [0.15, 0.2) is 0 Å². The molecule has 3 rings (SSSR count). The summed E-state index contributed by atoms with van der Waals surface area (Å²) in [5, 5.41) is 15.7. The van der Waals surface area contributed by atoms with E-state index in [1.807, 2.05) is 36.6 Å². The summed E-state index contributed by atoms with van der Waals surface area (Å²) in [7, 11) is 0. The SMILES string of the molecule is Cc1ccc(C(=O)Nc2ccc3sccc3c2)c(O)c1. The van der Waals surface area contributed by atoms with Gasteiger partial charge < -0.3 is 10.4 Å². The fourth-order valence-corrected chi connectivity index (χ4v) is 2.85. The van der Waals surface area contributed by atoms with Gasteiger partial charge in [0.1, 0.15) is 5.75 Å². The van der Waals surface area contributed by atoms with E-state index in [2.05, 4.69) is 5.32 Å².